The lowest BCUT2D eigenvalue weighted by Crippen LogP contribution is -2.35. The van der Waals surface area contributed by atoms with Crippen molar-refractivity contribution in [3.05, 3.63) is 51.7 Å². The molecule has 0 radical (unpaired) electrons. The monoisotopic (exact) mass is 301 g/mol. The van der Waals surface area contributed by atoms with Gasteiger partial charge < -0.3 is 4.90 Å². The summed E-state index contributed by atoms with van der Waals surface area (Å²) in [7, 11) is 0. The molecule has 6 heteroatoms. The first kappa shape index (κ1) is 13.8. The van der Waals surface area contributed by atoms with Gasteiger partial charge >= 0.3 is 0 Å². The summed E-state index contributed by atoms with van der Waals surface area (Å²) in [6.45, 7) is 0.391. The number of benzene rings is 1. The van der Waals surface area contributed by atoms with Crippen LogP contribution in [0.3, 0.4) is 0 Å². The molecule has 0 bridgehead atoms. The Morgan fingerprint density at radius 2 is 2.10 bits per heavy atom. The van der Waals surface area contributed by atoms with E-state index in [4.69, 9.17) is 5.84 Å². The van der Waals surface area contributed by atoms with E-state index in [1.54, 1.807) is 4.90 Å². The molecule has 1 aromatic heterocycles. The molecular formula is C15H15N3O2S. The molecule has 0 saturated heterocycles. The predicted molar refractivity (Wildman–Crippen MR) is 81.9 cm³/mol. The van der Waals surface area contributed by atoms with Crippen LogP contribution in [0.15, 0.2) is 35.7 Å². The van der Waals surface area contributed by atoms with E-state index in [-0.39, 0.29) is 11.8 Å². The number of hydrogen-bond acceptors (Lipinski definition) is 4. The molecule has 0 saturated carbocycles. The molecule has 3 N–H and O–H groups in total. The summed E-state index contributed by atoms with van der Waals surface area (Å²) in [6.07, 6.45) is 1.27. The predicted octanol–water partition coefficient (Wildman–Crippen LogP) is 1.83. The normalized spacial score (nSPS) is 14.0. The minimum Gasteiger partial charge on any atom is -0.308 e. The Hall–Kier alpha value is -2.18. The molecule has 1 aliphatic heterocycles. The average molecular weight is 301 g/mol. The van der Waals surface area contributed by atoms with Gasteiger partial charge in [0.1, 0.15) is 0 Å². The van der Waals surface area contributed by atoms with Crippen molar-refractivity contribution in [1.82, 2.24) is 5.43 Å². The second-order valence-corrected chi connectivity index (χ2v) is 5.77. The van der Waals surface area contributed by atoms with Gasteiger partial charge in [-0.15, -0.1) is 11.3 Å². The molecular weight excluding hydrogens is 286 g/mol. The highest BCUT2D eigenvalue weighted by atomic mass is 32.1. The van der Waals surface area contributed by atoms with Crippen LogP contribution in [0.2, 0.25) is 0 Å². The Morgan fingerprint density at radius 1 is 1.29 bits per heavy atom. The molecule has 1 aromatic carbocycles. The highest BCUT2D eigenvalue weighted by molar-refractivity contribution is 7.12. The quantitative estimate of drug-likeness (QED) is 0.516. The number of carbonyl (C=O) groups excluding carboxylic acids is 2. The molecule has 0 fully saturated rings. The Balaban J connectivity index is 1.93. The lowest BCUT2D eigenvalue weighted by molar-refractivity contribution is -0.119. The number of nitrogens with zero attached hydrogens (tertiary/aromatic N) is 1. The van der Waals surface area contributed by atoms with E-state index in [0.29, 0.717) is 17.8 Å². The first-order valence-electron chi connectivity index (χ1n) is 6.66. The summed E-state index contributed by atoms with van der Waals surface area (Å²) in [5.74, 6) is 4.96. The zero-order valence-corrected chi connectivity index (χ0v) is 12.2. The molecule has 0 unspecified atom stereocenters. The van der Waals surface area contributed by atoms with Gasteiger partial charge in [-0.05, 0) is 35.1 Å². The van der Waals surface area contributed by atoms with Crippen molar-refractivity contribution < 1.29 is 9.59 Å². The first-order chi connectivity index (χ1) is 10.2. The molecule has 108 valence electrons. The molecule has 2 aromatic rings. The highest BCUT2D eigenvalue weighted by Crippen LogP contribution is 2.30. The van der Waals surface area contributed by atoms with Crippen molar-refractivity contribution in [2.24, 2.45) is 5.84 Å². The highest BCUT2D eigenvalue weighted by Gasteiger charge is 2.25. The van der Waals surface area contributed by atoms with E-state index in [2.05, 4.69) is 5.43 Å². The Morgan fingerprint density at radius 3 is 2.90 bits per heavy atom. The zero-order valence-electron chi connectivity index (χ0n) is 11.3. The third-order valence-corrected chi connectivity index (χ3v) is 4.56. The number of hydrazine groups is 1. The molecule has 2 amide bonds. The summed E-state index contributed by atoms with van der Waals surface area (Å²) < 4.78 is 0. The van der Waals surface area contributed by atoms with Gasteiger partial charge in [-0.2, -0.15) is 0 Å². The van der Waals surface area contributed by atoms with Gasteiger partial charge in [0, 0.05) is 12.1 Å². The second-order valence-electron chi connectivity index (χ2n) is 4.86. The third-order valence-electron chi connectivity index (χ3n) is 3.60. The van der Waals surface area contributed by atoms with Crippen molar-refractivity contribution in [1.29, 1.82) is 0 Å². The van der Waals surface area contributed by atoms with Crippen LogP contribution in [-0.2, 0) is 17.8 Å². The number of amides is 2. The van der Waals surface area contributed by atoms with E-state index < -0.39 is 0 Å². The van der Waals surface area contributed by atoms with E-state index in [1.165, 1.54) is 11.3 Å². The number of carbonyl (C=O) groups is 2. The summed E-state index contributed by atoms with van der Waals surface area (Å²) >= 11 is 1.32. The number of aryl methyl sites for hydroxylation is 1. The summed E-state index contributed by atoms with van der Waals surface area (Å²) in [5, 5.41) is 1.83. The van der Waals surface area contributed by atoms with Crippen molar-refractivity contribution in [2.45, 2.75) is 19.4 Å². The van der Waals surface area contributed by atoms with Crippen molar-refractivity contribution in [2.75, 3.05) is 4.90 Å². The Bertz CT molecular complexity index is 696. The molecule has 0 aliphatic carbocycles. The molecule has 21 heavy (non-hydrogen) atoms. The minimum atomic E-state index is -0.322. The fraction of sp³-hybridized carbons (Fsp3) is 0.200. The van der Waals surface area contributed by atoms with E-state index >= 15 is 0 Å². The summed E-state index contributed by atoms with van der Waals surface area (Å²) in [6, 6.07) is 9.74. The smallest absolute Gasteiger partial charge is 0.275 e. The van der Waals surface area contributed by atoms with Crippen LogP contribution in [0, 0.1) is 0 Å². The molecule has 0 atom stereocenters. The number of nitrogen functional groups attached to an aromatic ring is 1. The SMILES string of the molecule is NNC(=O)c1sccc1CN1C(=O)CCc2ccccc21. The number of fused-ring (bicyclic) bond motifs is 1. The van der Waals surface area contributed by atoms with Crippen LogP contribution in [0.5, 0.6) is 0 Å². The van der Waals surface area contributed by atoms with Gasteiger partial charge in [0.15, 0.2) is 0 Å². The first-order valence-corrected chi connectivity index (χ1v) is 7.54. The molecule has 1 aliphatic rings. The largest absolute Gasteiger partial charge is 0.308 e. The van der Waals surface area contributed by atoms with E-state index in [0.717, 1.165) is 23.2 Å². The summed E-state index contributed by atoms with van der Waals surface area (Å²) in [4.78, 5) is 26.3. The van der Waals surface area contributed by atoms with Gasteiger partial charge in [0.2, 0.25) is 5.91 Å². The van der Waals surface area contributed by atoms with Crippen molar-refractivity contribution >= 4 is 28.8 Å². The van der Waals surface area contributed by atoms with Gasteiger partial charge in [-0.3, -0.25) is 15.0 Å². The Kier molecular flexibility index (Phi) is 3.72. The Labute approximate surface area is 126 Å². The fourth-order valence-electron chi connectivity index (χ4n) is 2.57. The number of thiophene rings is 1. The molecule has 0 spiro atoms. The van der Waals surface area contributed by atoms with Crippen LogP contribution in [-0.4, -0.2) is 11.8 Å². The van der Waals surface area contributed by atoms with Gasteiger partial charge in [-0.1, -0.05) is 18.2 Å². The van der Waals surface area contributed by atoms with Gasteiger partial charge in [-0.25, -0.2) is 5.84 Å². The second kappa shape index (κ2) is 5.67. The number of hydrogen-bond donors (Lipinski definition) is 2. The third kappa shape index (κ3) is 2.55. The number of nitrogens with one attached hydrogen (secondary N) is 1. The number of nitrogens with two attached hydrogens (primary N) is 1. The van der Waals surface area contributed by atoms with Crippen LogP contribution >= 0.6 is 11.3 Å². The fourth-order valence-corrected chi connectivity index (χ4v) is 3.38. The van der Waals surface area contributed by atoms with Crippen molar-refractivity contribution in [3.63, 3.8) is 0 Å². The van der Waals surface area contributed by atoms with Crippen LogP contribution in [0.1, 0.15) is 27.2 Å². The molecule has 5 nitrogen and oxygen atoms in total. The van der Waals surface area contributed by atoms with E-state index in [9.17, 15) is 9.59 Å². The minimum absolute atomic E-state index is 0.0824. The number of para-hydroxylation sites is 1. The van der Waals surface area contributed by atoms with Crippen molar-refractivity contribution in [3.8, 4) is 0 Å². The van der Waals surface area contributed by atoms with Gasteiger partial charge in [0.25, 0.3) is 5.91 Å². The average Bonchev–Trinajstić information content (AvgIpc) is 2.97. The van der Waals surface area contributed by atoms with E-state index in [1.807, 2.05) is 35.7 Å². The van der Waals surface area contributed by atoms with Crippen LogP contribution < -0.4 is 16.2 Å². The standard InChI is InChI=1S/C15H15N3O2S/c16-17-15(20)14-11(7-8-21-14)9-18-12-4-2-1-3-10(12)5-6-13(18)19/h1-4,7-8H,5-6,9,16H2,(H,17,20). The van der Waals surface area contributed by atoms with Gasteiger partial charge in [0.05, 0.1) is 11.4 Å². The molecule has 2 heterocycles. The maximum Gasteiger partial charge on any atom is 0.275 e. The summed E-state index contributed by atoms with van der Waals surface area (Å²) in [5.41, 5.74) is 5.05. The topological polar surface area (TPSA) is 75.4 Å². The van der Waals surface area contributed by atoms with Crippen LogP contribution in [0.25, 0.3) is 0 Å². The maximum absolute atomic E-state index is 12.2. The lowest BCUT2D eigenvalue weighted by Gasteiger charge is -2.29. The number of rotatable bonds is 3. The zero-order chi connectivity index (χ0) is 14.8. The molecule has 3 rings (SSSR count). The van der Waals surface area contributed by atoms with Crippen LogP contribution in [0.4, 0.5) is 5.69 Å². The number of anilines is 1. The lowest BCUT2D eigenvalue weighted by atomic mass is 10.0. The maximum atomic E-state index is 12.2.